The van der Waals surface area contributed by atoms with E-state index in [1.807, 2.05) is 24.3 Å². The van der Waals surface area contributed by atoms with Crippen LogP contribution in [-0.2, 0) is 10.3 Å². The third-order valence-electron chi connectivity index (χ3n) is 5.35. The van der Waals surface area contributed by atoms with Crippen LogP contribution in [0.15, 0.2) is 53.7 Å². The number of hydrogen-bond donors (Lipinski definition) is 0. The van der Waals surface area contributed by atoms with Crippen LogP contribution in [0.3, 0.4) is 0 Å². The van der Waals surface area contributed by atoms with Gasteiger partial charge in [-0.15, -0.1) is 0 Å². The predicted octanol–water partition coefficient (Wildman–Crippen LogP) is 4.59. The smallest absolute Gasteiger partial charge is 0.224 e. The maximum absolute atomic E-state index is 6.09. The molecule has 2 aliphatic rings. The molecule has 1 spiro atoms. The maximum Gasteiger partial charge on any atom is 0.224 e. The van der Waals surface area contributed by atoms with Crippen LogP contribution in [0.1, 0.15) is 31.4 Å². The normalized spacial score (nSPS) is 24.5. The summed E-state index contributed by atoms with van der Waals surface area (Å²) in [6.07, 6.45) is 0.743. The first kappa shape index (κ1) is 14.6. The number of rotatable bonds is 1. The number of fused-ring (bicyclic) bond motifs is 1. The highest BCUT2D eigenvalue weighted by molar-refractivity contribution is 6.30. The molecule has 0 aliphatic carbocycles. The van der Waals surface area contributed by atoms with Crippen LogP contribution in [0.5, 0.6) is 0 Å². The number of anilines is 1. The average Bonchev–Trinajstić information content (AvgIpc) is 3.07. The lowest BCUT2D eigenvalue weighted by molar-refractivity contribution is -0.0591. The molecule has 118 valence electrons. The van der Waals surface area contributed by atoms with Crippen molar-refractivity contribution in [1.29, 1.82) is 0 Å². The highest BCUT2D eigenvalue weighted by atomic mass is 35.5. The molecular weight excluding hydrogens is 308 g/mol. The van der Waals surface area contributed by atoms with Crippen LogP contribution in [0.2, 0.25) is 5.02 Å². The Bertz CT molecular complexity index is 797. The van der Waals surface area contributed by atoms with E-state index in [4.69, 9.17) is 16.4 Å². The molecule has 0 saturated heterocycles. The minimum atomic E-state index is -0.480. The lowest BCUT2D eigenvalue weighted by Gasteiger charge is -2.40. The van der Waals surface area contributed by atoms with Crippen molar-refractivity contribution < 1.29 is 4.84 Å². The molecule has 2 aromatic rings. The second kappa shape index (κ2) is 4.75. The van der Waals surface area contributed by atoms with E-state index in [2.05, 4.69) is 55.2 Å². The quantitative estimate of drug-likeness (QED) is 0.765. The van der Waals surface area contributed by atoms with Crippen molar-refractivity contribution in [1.82, 2.24) is 0 Å². The van der Waals surface area contributed by atoms with Crippen LogP contribution >= 0.6 is 11.6 Å². The highest BCUT2D eigenvalue weighted by Gasteiger charge is 2.61. The Kier molecular flexibility index (Phi) is 3.01. The van der Waals surface area contributed by atoms with E-state index in [1.165, 1.54) is 11.3 Å². The van der Waals surface area contributed by atoms with E-state index in [-0.39, 0.29) is 5.41 Å². The third-order valence-corrected chi connectivity index (χ3v) is 5.60. The van der Waals surface area contributed by atoms with Gasteiger partial charge in [-0.1, -0.05) is 47.1 Å². The predicted molar refractivity (Wildman–Crippen MR) is 94.3 cm³/mol. The zero-order chi connectivity index (χ0) is 16.2. The fourth-order valence-electron chi connectivity index (χ4n) is 3.85. The molecule has 3 nitrogen and oxygen atoms in total. The van der Waals surface area contributed by atoms with Crippen molar-refractivity contribution in [3.63, 3.8) is 0 Å². The number of nitrogens with zero attached hydrogens (tertiary/aromatic N) is 2. The summed E-state index contributed by atoms with van der Waals surface area (Å²) in [5.41, 5.74) is 3.91. The first-order chi connectivity index (χ1) is 11.0. The molecule has 0 radical (unpaired) electrons. The van der Waals surface area contributed by atoms with Gasteiger partial charge in [0.2, 0.25) is 5.72 Å². The van der Waals surface area contributed by atoms with Gasteiger partial charge in [-0.2, -0.15) is 0 Å². The Labute approximate surface area is 141 Å². The highest BCUT2D eigenvalue weighted by Crippen LogP contribution is 2.55. The number of oxime groups is 1. The summed E-state index contributed by atoms with van der Waals surface area (Å²) in [6, 6.07) is 16.3. The lowest BCUT2D eigenvalue weighted by atomic mass is 9.75. The van der Waals surface area contributed by atoms with Gasteiger partial charge >= 0.3 is 0 Å². The van der Waals surface area contributed by atoms with Gasteiger partial charge in [0.1, 0.15) is 0 Å². The molecule has 0 unspecified atom stereocenters. The van der Waals surface area contributed by atoms with E-state index >= 15 is 0 Å². The van der Waals surface area contributed by atoms with E-state index < -0.39 is 5.72 Å². The Morgan fingerprint density at radius 1 is 1.09 bits per heavy atom. The summed E-state index contributed by atoms with van der Waals surface area (Å²) < 4.78 is 0. The van der Waals surface area contributed by atoms with Crippen molar-refractivity contribution in [2.75, 3.05) is 11.9 Å². The van der Waals surface area contributed by atoms with E-state index in [9.17, 15) is 0 Å². The number of halogens is 1. The monoisotopic (exact) mass is 326 g/mol. The van der Waals surface area contributed by atoms with Crippen LogP contribution in [0, 0.1) is 0 Å². The molecule has 0 amide bonds. The lowest BCUT2D eigenvalue weighted by Crippen LogP contribution is -2.54. The van der Waals surface area contributed by atoms with Crippen molar-refractivity contribution in [2.24, 2.45) is 5.16 Å². The van der Waals surface area contributed by atoms with Gasteiger partial charge in [-0.05, 0) is 43.2 Å². The van der Waals surface area contributed by atoms with Crippen LogP contribution < -0.4 is 4.90 Å². The second-order valence-corrected chi connectivity index (χ2v) is 7.23. The van der Waals surface area contributed by atoms with E-state index in [0.29, 0.717) is 0 Å². The minimum Gasteiger partial charge on any atom is -0.366 e. The molecule has 0 fully saturated rings. The molecule has 4 heteroatoms. The SMILES string of the molecule is CN1c2ccccc2C(C)(C)[C@]12CC(c1ccc(Cl)cc1)=NO2. The fourth-order valence-corrected chi connectivity index (χ4v) is 3.98. The molecule has 1 atom stereocenters. The number of likely N-dealkylation sites (N-methyl/N-ethyl adjacent to an activating group) is 1. The van der Waals surface area contributed by atoms with Crippen LogP contribution in [0.25, 0.3) is 0 Å². The van der Waals surface area contributed by atoms with Crippen molar-refractivity contribution >= 4 is 23.0 Å². The molecule has 23 heavy (non-hydrogen) atoms. The zero-order valence-electron chi connectivity index (χ0n) is 13.5. The third kappa shape index (κ3) is 1.86. The van der Waals surface area contributed by atoms with Crippen molar-refractivity contribution in [2.45, 2.75) is 31.4 Å². The Hall–Kier alpha value is -2.00. The Morgan fingerprint density at radius 3 is 2.48 bits per heavy atom. The first-order valence-corrected chi connectivity index (χ1v) is 8.18. The largest absolute Gasteiger partial charge is 0.366 e. The van der Waals surface area contributed by atoms with Gasteiger partial charge in [0, 0.05) is 17.8 Å². The summed E-state index contributed by atoms with van der Waals surface area (Å²) >= 11 is 5.99. The van der Waals surface area contributed by atoms with Gasteiger partial charge < -0.3 is 9.74 Å². The average molecular weight is 327 g/mol. The minimum absolute atomic E-state index is 0.157. The number of para-hydroxylation sites is 1. The molecule has 2 aromatic carbocycles. The Morgan fingerprint density at radius 2 is 1.78 bits per heavy atom. The molecule has 2 heterocycles. The van der Waals surface area contributed by atoms with Gasteiger partial charge in [0.25, 0.3) is 0 Å². The molecule has 4 rings (SSSR count). The van der Waals surface area contributed by atoms with Gasteiger partial charge in [0.15, 0.2) is 0 Å². The molecule has 0 N–H and O–H groups in total. The molecular formula is C19H19ClN2O. The molecule has 0 bridgehead atoms. The topological polar surface area (TPSA) is 24.8 Å². The van der Waals surface area contributed by atoms with Gasteiger partial charge in [-0.25, -0.2) is 0 Å². The van der Waals surface area contributed by atoms with Crippen molar-refractivity contribution in [3.05, 3.63) is 64.7 Å². The summed E-state index contributed by atoms with van der Waals surface area (Å²) in [7, 11) is 2.09. The van der Waals surface area contributed by atoms with Crippen LogP contribution in [0.4, 0.5) is 5.69 Å². The van der Waals surface area contributed by atoms with Gasteiger partial charge in [-0.3, -0.25) is 0 Å². The van der Waals surface area contributed by atoms with E-state index in [1.54, 1.807) is 0 Å². The summed E-state index contributed by atoms with van der Waals surface area (Å²) in [4.78, 5) is 8.32. The van der Waals surface area contributed by atoms with Crippen LogP contribution in [-0.4, -0.2) is 18.5 Å². The molecule has 0 saturated carbocycles. The fraction of sp³-hybridized carbons (Fsp3) is 0.316. The summed E-state index contributed by atoms with van der Waals surface area (Å²) in [5, 5.41) is 5.16. The van der Waals surface area contributed by atoms with E-state index in [0.717, 1.165) is 22.7 Å². The standard InChI is InChI=1S/C19H19ClN2O/c1-18(2)15-6-4-5-7-17(15)22(3)19(18)12-16(21-23-19)13-8-10-14(20)11-9-13/h4-11H,12H2,1-3H3/t19-/m1/s1. The number of benzene rings is 2. The summed E-state index contributed by atoms with van der Waals surface area (Å²) in [5.74, 6) is 0. The zero-order valence-corrected chi connectivity index (χ0v) is 14.3. The van der Waals surface area contributed by atoms with Gasteiger partial charge in [0.05, 0.1) is 17.5 Å². The maximum atomic E-state index is 6.09. The molecule has 0 aromatic heterocycles. The van der Waals surface area contributed by atoms with Crippen molar-refractivity contribution in [3.8, 4) is 0 Å². The number of hydrogen-bond acceptors (Lipinski definition) is 3. The summed E-state index contributed by atoms with van der Waals surface area (Å²) in [6.45, 7) is 4.46. The molecule has 2 aliphatic heterocycles. The second-order valence-electron chi connectivity index (χ2n) is 6.80. The Balaban J connectivity index is 1.73. The first-order valence-electron chi connectivity index (χ1n) is 7.80.